The van der Waals surface area contributed by atoms with Crippen molar-refractivity contribution in [3.05, 3.63) is 35.4 Å². The van der Waals surface area contributed by atoms with Gasteiger partial charge in [0.05, 0.1) is 13.2 Å². The minimum absolute atomic E-state index is 0.288. The van der Waals surface area contributed by atoms with E-state index in [4.69, 9.17) is 4.74 Å². The van der Waals surface area contributed by atoms with Gasteiger partial charge in [-0.15, -0.1) is 0 Å². The zero-order valence-electron chi connectivity index (χ0n) is 15.4. The number of rotatable bonds is 9. The number of likely N-dealkylation sites (tertiary alicyclic amines) is 1. The number of hydrogen-bond acceptors (Lipinski definition) is 3. The maximum atomic E-state index is 11.6. The van der Waals surface area contributed by atoms with Crippen LogP contribution in [0.3, 0.4) is 0 Å². The van der Waals surface area contributed by atoms with Crippen LogP contribution in [0.15, 0.2) is 29.3 Å². The standard InChI is InChI=1S/C19H30N4O2/c1-3-20-19(21-10-6-12-23-11-5-9-18(23)24)22-14-16-7-4-8-17(13-16)15-25-2/h4,7-8,13H,3,5-6,9-12,14-15H2,1-2H3,(H2,20,21,22). The molecule has 1 saturated heterocycles. The van der Waals surface area contributed by atoms with E-state index in [-0.39, 0.29) is 5.91 Å². The maximum absolute atomic E-state index is 11.6. The lowest BCUT2D eigenvalue weighted by atomic mass is 10.1. The van der Waals surface area contributed by atoms with E-state index in [9.17, 15) is 4.79 Å². The molecular formula is C19H30N4O2. The van der Waals surface area contributed by atoms with E-state index >= 15 is 0 Å². The fraction of sp³-hybridized carbons (Fsp3) is 0.579. The van der Waals surface area contributed by atoms with Crippen molar-refractivity contribution in [2.24, 2.45) is 4.99 Å². The molecular weight excluding hydrogens is 316 g/mol. The van der Waals surface area contributed by atoms with E-state index in [2.05, 4.69) is 40.7 Å². The number of nitrogens with one attached hydrogen (secondary N) is 2. The van der Waals surface area contributed by atoms with Crippen molar-refractivity contribution >= 4 is 11.9 Å². The van der Waals surface area contributed by atoms with Gasteiger partial charge in [-0.2, -0.15) is 0 Å². The Hall–Kier alpha value is -2.08. The van der Waals surface area contributed by atoms with Crippen LogP contribution in [0.2, 0.25) is 0 Å². The highest BCUT2D eigenvalue weighted by Crippen LogP contribution is 2.09. The fourth-order valence-electron chi connectivity index (χ4n) is 2.91. The normalized spacial score (nSPS) is 14.9. The number of carbonyl (C=O) groups is 1. The lowest BCUT2D eigenvalue weighted by Crippen LogP contribution is -2.39. The Morgan fingerprint density at radius 3 is 2.88 bits per heavy atom. The third-order valence-electron chi connectivity index (χ3n) is 4.13. The first-order chi connectivity index (χ1) is 12.2. The zero-order valence-corrected chi connectivity index (χ0v) is 15.4. The van der Waals surface area contributed by atoms with Crippen molar-refractivity contribution in [2.75, 3.05) is 33.3 Å². The van der Waals surface area contributed by atoms with E-state index in [1.165, 1.54) is 0 Å². The SMILES string of the molecule is CCNC(=NCc1cccc(COC)c1)NCCCN1CCCC1=O. The summed E-state index contributed by atoms with van der Waals surface area (Å²) < 4.78 is 5.17. The third kappa shape index (κ3) is 6.74. The minimum atomic E-state index is 0.288. The third-order valence-corrected chi connectivity index (χ3v) is 4.13. The van der Waals surface area contributed by atoms with Gasteiger partial charge < -0.3 is 20.3 Å². The first-order valence-electron chi connectivity index (χ1n) is 9.09. The predicted molar refractivity (Wildman–Crippen MR) is 100 cm³/mol. The summed E-state index contributed by atoms with van der Waals surface area (Å²) in [5.41, 5.74) is 2.32. The highest BCUT2D eigenvalue weighted by Gasteiger charge is 2.18. The number of nitrogens with zero attached hydrogens (tertiary/aromatic N) is 2. The summed E-state index contributed by atoms with van der Waals surface area (Å²) >= 11 is 0. The van der Waals surface area contributed by atoms with E-state index < -0.39 is 0 Å². The number of carbonyl (C=O) groups excluding carboxylic acids is 1. The molecule has 0 unspecified atom stereocenters. The average Bonchev–Trinajstić information content (AvgIpc) is 3.02. The second-order valence-electron chi connectivity index (χ2n) is 6.21. The van der Waals surface area contributed by atoms with Crippen LogP contribution in [0, 0.1) is 0 Å². The molecule has 0 saturated carbocycles. The van der Waals surface area contributed by atoms with Gasteiger partial charge in [0, 0.05) is 39.7 Å². The molecule has 1 aliphatic rings. The summed E-state index contributed by atoms with van der Waals surface area (Å²) in [5, 5.41) is 6.61. The van der Waals surface area contributed by atoms with Gasteiger partial charge in [-0.05, 0) is 30.9 Å². The first-order valence-corrected chi connectivity index (χ1v) is 9.09. The molecule has 2 N–H and O–H groups in total. The number of benzene rings is 1. The van der Waals surface area contributed by atoms with Crippen LogP contribution in [0.25, 0.3) is 0 Å². The molecule has 1 aromatic carbocycles. The summed E-state index contributed by atoms with van der Waals surface area (Å²) in [4.78, 5) is 18.2. The second kappa shape index (κ2) is 10.7. The lowest BCUT2D eigenvalue weighted by Gasteiger charge is -2.16. The molecule has 6 heteroatoms. The molecule has 0 aliphatic carbocycles. The Morgan fingerprint density at radius 1 is 1.32 bits per heavy atom. The Balaban J connectivity index is 1.79. The van der Waals surface area contributed by atoms with Gasteiger partial charge in [-0.25, -0.2) is 4.99 Å². The summed E-state index contributed by atoms with van der Waals surface area (Å²) in [7, 11) is 1.70. The van der Waals surface area contributed by atoms with E-state index in [1.54, 1.807) is 7.11 Å². The van der Waals surface area contributed by atoms with Gasteiger partial charge in [-0.1, -0.05) is 24.3 Å². The Kier molecular flexibility index (Phi) is 8.25. The van der Waals surface area contributed by atoms with Gasteiger partial charge in [0.2, 0.25) is 5.91 Å². The minimum Gasteiger partial charge on any atom is -0.380 e. The second-order valence-corrected chi connectivity index (χ2v) is 6.21. The molecule has 138 valence electrons. The molecule has 1 aromatic rings. The molecule has 0 atom stereocenters. The molecule has 1 fully saturated rings. The molecule has 0 radical (unpaired) electrons. The van der Waals surface area contributed by atoms with Crippen molar-refractivity contribution < 1.29 is 9.53 Å². The number of hydrogen-bond donors (Lipinski definition) is 2. The molecule has 1 heterocycles. The summed E-state index contributed by atoms with van der Waals surface area (Å²) in [6, 6.07) is 8.28. The summed E-state index contributed by atoms with van der Waals surface area (Å²) in [5.74, 6) is 1.10. The Morgan fingerprint density at radius 2 is 2.16 bits per heavy atom. The van der Waals surface area contributed by atoms with Crippen LogP contribution in [-0.2, 0) is 22.7 Å². The Labute approximate surface area is 150 Å². The fourth-order valence-corrected chi connectivity index (χ4v) is 2.91. The first kappa shape index (κ1) is 19.2. The highest BCUT2D eigenvalue weighted by atomic mass is 16.5. The van der Waals surface area contributed by atoms with Crippen LogP contribution >= 0.6 is 0 Å². The van der Waals surface area contributed by atoms with Gasteiger partial charge in [-0.3, -0.25) is 4.79 Å². The number of amides is 1. The van der Waals surface area contributed by atoms with E-state index in [0.717, 1.165) is 56.1 Å². The van der Waals surface area contributed by atoms with Crippen molar-refractivity contribution in [3.8, 4) is 0 Å². The quantitative estimate of drug-likeness (QED) is 0.407. The topological polar surface area (TPSA) is 66.0 Å². The zero-order chi connectivity index (χ0) is 17.9. The van der Waals surface area contributed by atoms with Crippen molar-refractivity contribution in [2.45, 2.75) is 39.3 Å². The van der Waals surface area contributed by atoms with Crippen LogP contribution in [0.5, 0.6) is 0 Å². The lowest BCUT2D eigenvalue weighted by molar-refractivity contribution is -0.127. The molecule has 6 nitrogen and oxygen atoms in total. The van der Waals surface area contributed by atoms with Crippen LogP contribution < -0.4 is 10.6 Å². The number of aliphatic imine (C=N–C) groups is 1. The molecule has 0 spiro atoms. The van der Waals surface area contributed by atoms with Gasteiger partial charge >= 0.3 is 0 Å². The Bertz CT molecular complexity index is 574. The van der Waals surface area contributed by atoms with Crippen LogP contribution in [-0.4, -0.2) is 50.1 Å². The van der Waals surface area contributed by atoms with Crippen LogP contribution in [0.4, 0.5) is 0 Å². The molecule has 0 bridgehead atoms. The number of methoxy groups -OCH3 is 1. The monoisotopic (exact) mass is 346 g/mol. The van der Waals surface area contributed by atoms with E-state index in [0.29, 0.717) is 19.6 Å². The van der Waals surface area contributed by atoms with Gasteiger partial charge in [0.1, 0.15) is 0 Å². The van der Waals surface area contributed by atoms with E-state index in [1.807, 2.05) is 11.0 Å². The highest BCUT2D eigenvalue weighted by molar-refractivity contribution is 5.79. The summed E-state index contributed by atoms with van der Waals surface area (Å²) in [6.45, 7) is 6.65. The van der Waals surface area contributed by atoms with Crippen molar-refractivity contribution in [3.63, 3.8) is 0 Å². The van der Waals surface area contributed by atoms with Gasteiger partial charge in [0.15, 0.2) is 5.96 Å². The molecule has 1 aliphatic heterocycles. The predicted octanol–water partition coefficient (Wildman–Crippen LogP) is 1.90. The number of ether oxygens (including phenoxy) is 1. The van der Waals surface area contributed by atoms with Crippen LogP contribution in [0.1, 0.15) is 37.3 Å². The van der Waals surface area contributed by atoms with Crippen molar-refractivity contribution in [1.29, 1.82) is 0 Å². The summed E-state index contributed by atoms with van der Waals surface area (Å²) in [6.07, 6.45) is 2.64. The molecule has 1 amide bonds. The molecule has 2 rings (SSSR count). The maximum Gasteiger partial charge on any atom is 0.222 e. The molecule has 25 heavy (non-hydrogen) atoms. The largest absolute Gasteiger partial charge is 0.380 e. The van der Waals surface area contributed by atoms with Crippen molar-refractivity contribution in [1.82, 2.24) is 15.5 Å². The average molecular weight is 346 g/mol. The molecule has 0 aromatic heterocycles. The van der Waals surface area contributed by atoms with Gasteiger partial charge in [0.25, 0.3) is 0 Å². The smallest absolute Gasteiger partial charge is 0.222 e. The number of guanidine groups is 1.